The topological polar surface area (TPSA) is 69.4 Å². The van der Waals surface area contributed by atoms with Gasteiger partial charge in [0.1, 0.15) is 18.1 Å². The summed E-state index contributed by atoms with van der Waals surface area (Å²) >= 11 is 0. The number of ether oxygens (including phenoxy) is 1. The fourth-order valence-corrected chi connectivity index (χ4v) is 1.79. The van der Waals surface area contributed by atoms with E-state index in [1.807, 2.05) is 0 Å². The highest BCUT2D eigenvalue weighted by Gasteiger charge is 2.08. The molecule has 86 valence electrons. The fraction of sp³-hybridized carbons (Fsp3) is 0.273. The fourth-order valence-electron chi connectivity index (χ4n) is 1.05. The third kappa shape index (κ3) is 4.24. The number of nitrogen functional groups attached to an aromatic ring is 1. The Morgan fingerprint density at radius 1 is 1.31 bits per heavy atom. The molecular weight excluding hydrogens is 226 g/mol. The number of sulfone groups is 1. The average Bonchev–Trinajstić information content (AvgIpc) is 2.20. The molecule has 0 aliphatic carbocycles. The summed E-state index contributed by atoms with van der Waals surface area (Å²) in [5, 5.41) is 0. The smallest absolute Gasteiger partial charge is 0.164 e. The zero-order chi connectivity index (χ0) is 12.0. The van der Waals surface area contributed by atoms with Crippen LogP contribution in [0.4, 0.5) is 5.69 Å². The van der Waals surface area contributed by atoms with E-state index in [-0.39, 0.29) is 18.1 Å². The van der Waals surface area contributed by atoms with Crippen molar-refractivity contribution in [3.05, 3.63) is 24.3 Å². The molecule has 0 radical (unpaired) electrons. The van der Waals surface area contributed by atoms with Crippen LogP contribution < -0.4 is 10.5 Å². The minimum Gasteiger partial charge on any atom is -0.493 e. The van der Waals surface area contributed by atoms with Gasteiger partial charge < -0.3 is 10.5 Å². The predicted molar refractivity (Wildman–Crippen MR) is 63.8 cm³/mol. The maximum atomic E-state index is 11.2. The molecule has 1 aromatic rings. The lowest BCUT2D eigenvalue weighted by atomic mass is 10.3. The van der Waals surface area contributed by atoms with Gasteiger partial charge in [0.25, 0.3) is 0 Å². The monoisotopic (exact) mass is 239 g/mol. The molecule has 0 bridgehead atoms. The molecule has 0 fully saturated rings. The molecule has 0 spiro atoms. The Hall–Kier alpha value is -1.67. The van der Waals surface area contributed by atoms with Crippen LogP contribution in [0.15, 0.2) is 24.3 Å². The molecule has 0 atom stereocenters. The van der Waals surface area contributed by atoms with Crippen molar-refractivity contribution in [2.45, 2.75) is 0 Å². The standard InChI is InChI=1S/C11H13NO3S/c1-2-8-16(13,14)9-7-15-11-5-3-10(12)4-6-11/h1,3-6H,7-9,12H2. The van der Waals surface area contributed by atoms with Crippen molar-refractivity contribution < 1.29 is 13.2 Å². The highest BCUT2D eigenvalue weighted by molar-refractivity contribution is 7.91. The van der Waals surface area contributed by atoms with E-state index in [4.69, 9.17) is 16.9 Å². The van der Waals surface area contributed by atoms with Crippen LogP contribution in [0, 0.1) is 12.3 Å². The average molecular weight is 239 g/mol. The Morgan fingerprint density at radius 3 is 2.50 bits per heavy atom. The van der Waals surface area contributed by atoms with E-state index in [1.54, 1.807) is 24.3 Å². The number of anilines is 1. The van der Waals surface area contributed by atoms with E-state index < -0.39 is 9.84 Å². The minimum absolute atomic E-state index is 0.0818. The second kappa shape index (κ2) is 5.42. The summed E-state index contributed by atoms with van der Waals surface area (Å²) in [6.45, 7) is 0.0912. The Balaban J connectivity index is 2.42. The SMILES string of the molecule is C#CCS(=O)(=O)CCOc1ccc(N)cc1. The molecule has 0 aromatic heterocycles. The lowest BCUT2D eigenvalue weighted by Crippen LogP contribution is -2.16. The first kappa shape index (κ1) is 12.4. The van der Waals surface area contributed by atoms with E-state index in [0.717, 1.165) is 0 Å². The summed E-state index contributed by atoms with van der Waals surface area (Å²) < 4.78 is 27.7. The molecule has 0 aliphatic rings. The zero-order valence-corrected chi connectivity index (χ0v) is 9.53. The molecule has 2 N–H and O–H groups in total. The van der Waals surface area contributed by atoms with Crippen LogP contribution in [-0.4, -0.2) is 26.5 Å². The van der Waals surface area contributed by atoms with Gasteiger partial charge in [0.15, 0.2) is 9.84 Å². The van der Waals surface area contributed by atoms with Gasteiger partial charge in [0, 0.05) is 5.69 Å². The number of hydrogen-bond acceptors (Lipinski definition) is 4. The second-order valence-corrected chi connectivity index (χ2v) is 5.40. The summed E-state index contributed by atoms with van der Waals surface area (Å²) in [5.41, 5.74) is 6.12. The molecule has 1 aromatic carbocycles. The van der Waals surface area contributed by atoms with Crippen molar-refractivity contribution in [2.75, 3.05) is 23.8 Å². The van der Waals surface area contributed by atoms with E-state index in [2.05, 4.69) is 5.92 Å². The van der Waals surface area contributed by atoms with E-state index >= 15 is 0 Å². The summed E-state index contributed by atoms with van der Waals surface area (Å²) in [6, 6.07) is 6.74. The van der Waals surface area contributed by atoms with Crippen LogP contribution in [-0.2, 0) is 9.84 Å². The van der Waals surface area contributed by atoms with Crippen LogP contribution in [0.3, 0.4) is 0 Å². The van der Waals surface area contributed by atoms with Crippen molar-refractivity contribution in [3.63, 3.8) is 0 Å². The van der Waals surface area contributed by atoms with Gasteiger partial charge in [-0.15, -0.1) is 6.42 Å². The molecule has 1 rings (SSSR count). The maximum Gasteiger partial charge on any atom is 0.164 e. The lowest BCUT2D eigenvalue weighted by molar-refractivity contribution is 0.341. The molecular formula is C11H13NO3S. The number of benzene rings is 1. The third-order valence-corrected chi connectivity index (χ3v) is 3.24. The number of rotatable bonds is 5. The summed E-state index contributed by atoms with van der Waals surface area (Å²) in [7, 11) is -3.20. The van der Waals surface area contributed by atoms with Crippen LogP contribution in [0.2, 0.25) is 0 Å². The van der Waals surface area contributed by atoms with Gasteiger partial charge in [0.05, 0.1) is 5.75 Å². The Bertz CT molecular complexity index is 471. The highest BCUT2D eigenvalue weighted by atomic mass is 32.2. The summed E-state index contributed by atoms with van der Waals surface area (Å²) in [4.78, 5) is 0. The van der Waals surface area contributed by atoms with Gasteiger partial charge in [0.2, 0.25) is 0 Å². The van der Waals surface area contributed by atoms with Crippen LogP contribution in [0.25, 0.3) is 0 Å². The van der Waals surface area contributed by atoms with Crippen LogP contribution in [0.5, 0.6) is 5.75 Å². The maximum absolute atomic E-state index is 11.2. The first-order chi connectivity index (χ1) is 7.53. The van der Waals surface area contributed by atoms with Gasteiger partial charge >= 0.3 is 0 Å². The molecule has 0 unspecified atom stereocenters. The Kier molecular flexibility index (Phi) is 4.20. The zero-order valence-electron chi connectivity index (χ0n) is 8.72. The molecule has 0 amide bonds. The molecule has 5 heteroatoms. The van der Waals surface area contributed by atoms with Crippen molar-refractivity contribution >= 4 is 15.5 Å². The largest absolute Gasteiger partial charge is 0.493 e. The highest BCUT2D eigenvalue weighted by Crippen LogP contribution is 2.12. The van der Waals surface area contributed by atoms with Crippen molar-refractivity contribution in [2.24, 2.45) is 0 Å². The van der Waals surface area contributed by atoms with Crippen molar-refractivity contribution in [3.8, 4) is 18.1 Å². The predicted octanol–water partition coefficient (Wildman–Crippen LogP) is 0.696. The van der Waals surface area contributed by atoms with E-state index in [0.29, 0.717) is 11.4 Å². The van der Waals surface area contributed by atoms with Crippen molar-refractivity contribution in [1.29, 1.82) is 0 Å². The minimum atomic E-state index is -3.20. The summed E-state index contributed by atoms with van der Waals surface area (Å²) in [5.74, 6) is 2.36. The van der Waals surface area contributed by atoms with Gasteiger partial charge in [-0.1, -0.05) is 5.92 Å². The van der Waals surface area contributed by atoms with Crippen LogP contribution >= 0.6 is 0 Å². The van der Waals surface area contributed by atoms with E-state index in [9.17, 15) is 8.42 Å². The summed E-state index contributed by atoms with van der Waals surface area (Å²) in [6.07, 6.45) is 4.93. The van der Waals surface area contributed by atoms with Crippen molar-refractivity contribution in [1.82, 2.24) is 0 Å². The second-order valence-electron chi connectivity index (χ2n) is 3.21. The first-order valence-corrected chi connectivity index (χ1v) is 6.48. The van der Waals surface area contributed by atoms with E-state index in [1.165, 1.54) is 0 Å². The third-order valence-electron chi connectivity index (χ3n) is 1.85. The van der Waals surface area contributed by atoms with Gasteiger partial charge in [-0.05, 0) is 24.3 Å². The number of hydrogen-bond donors (Lipinski definition) is 1. The van der Waals surface area contributed by atoms with Gasteiger partial charge in [-0.2, -0.15) is 0 Å². The van der Waals surface area contributed by atoms with Crippen LogP contribution in [0.1, 0.15) is 0 Å². The Morgan fingerprint density at radius 2 is 1.94 bits per heavy atom. The normalized spacial score (nSPS) is 10.7. The quantitative estimate of drug-likeness (QED) is 0.606. The molecule has 0 aliphatic heterocycles. The molecule has 16 heavy (non-hydrogen) atoms. The Labute approximate surface area is 95.3 Å². The molecule has 0 saturated carbocycles. The lowest BCUT2D eigenvalue weighted by Gasteiger charge is -2.05. The molecule has 4 nitrogen and oxygen atoms in total. The molecule has 0 saturated heterocycles. The first-order valence-electron chi connectivity index (χ1n) is 4.66. The van der Waals surface area contributed by atoms with Gasteiger partial charge in [-0.25, -0.2) is 8.42 Å². The van der Waals surface area contributed by atoms with Gasteiger partial charge in [-0.3, -0.25) is 0 Å². The molecule has 0 heterocycles. The number of nitrogens with two attached hydrogens (primary N) is 1. The number of terminal acetylenes is 1.